The van der Waals surface area contributed by atoms with Gasteiger partial charge in [0, 0.05) is 17.3 Å². The lowest BCUT2D eigenvalue weighted by molar-refractivity contribution is 0.569. The number of aryl methyl sites for hydroxylation is 1. The summed E-state index contributed by atoms with van der Waals surface area (Å²) in [6.07, 6.45) is 5.01. The van der Waals surface area contributed by atoms with Crippen molar-refractivity contribution < 1.29 is 0 Å². The van der Waals surface area contributed by atoms with Gasteiger partial charge in [-0.1, -0.05) is 98.4 Å². The monoisotopic (exact) mass is 403 g/mol. The third-order valence-corrected chi connectivity index (χ3v) is 6.11. The van der Waals surface area contributed by atoms with Crippen molar-refractivity contribution in [1.29, 1.82) is 0 Å². The molecule has 0 heterocycles. The lowest BCUT2D eigenvalue weighted by atomic mass is 9.69. The molecule has 0 aromatic heterocycles. The summed E-state index contributed by atoms with van der Waals surface area (Å²) >= 11 is 0. The van der Waals surface area contributed by atoms with E-state index in [1.165, 1.54) is 27.5 Å². The van der Waals surface area contributed by atoms with Crippen molar-refractivity contribution in [1.82, 2.24) is 0 Å². The van der Waals surface area contributed by atoms with Crippen LogP contribution in [0.3, 0.4) is 0 Å². The first-order valence-corrected chi connectivity index (χ1v) is 10.8. The molecule has 1 unspecified atom stereocenters. The van der Waals surface area contributed by atoms with Gasteiger partial charge < -0.3 is 5.32 Å². The molecule has 0 aliphatic rings. The molecule has 4 rings (SSSR count). The molecule has 4 aromatic carbocycles. The average Bonchev–Trinajstić information content (AvgIpc) is 2.80. The van der Waals surface area contributed by atoms with Crippen molar-refractivity contribution in [3.8, 4) is 0 Å². The SMILES string of the molecule is C=C(C=CNc1ccccc1)C(C)(Cc1ccccc1)c1c(C)ccc2ccccc12. The van der Waals surface area contributed by atoms with Crippen LogP contribution in [0.5, 0.6) is 0 Å². The van der Waals surface area contributed by atoms with Crippen LogP contribution in [0, 0.1) is 6.92 Å². The minimum atomic E-state index is -0.249. The fourth-order valence-corrected chi connectivity index (χ4v) is 4.44. The number of allylic oxidation sites excluding steroid dienone is 2. The zero-order valence-electron chi connectivity index (χ0n) is 18.3. The number of nitrogens with one attached hydrogen (secondary N) is 1. The van der Waals surface area contributed by atoms with E-state index in [9.17, 15) is 0 Å². The molecule has 1 nitrogen and oxygen atoms in total. The topological polar surface area (TPSA) is 12.0 Å². The summed E-state index contributed by atoms with van der Waals surface area (Å²) in [5, 5.41) is 5.94. The number of benzene rings is 4. The van der Waals surface area contributed by atoms with Crippen molar-refractivity contribution in [3.63, 3.8) is 0 Å². The van der Waals surface area contributed by atoms with Crippen molar-refractivity contribution in [2.75, 3.05) is 5.32 Å². The summed E-state index contributed by atoms with van der Waals surface area (Å²) in [6, 6.07) is 34.0. The molecule has 0 saturated carbocycles. The molecule has 0 aliphatic heterocycles. The van der Waals surface area contributed by atoms with Crippen molar-refractivity contribution in [2.45, 2.75) is 25.7 Å². The Morgan fingerprint density at radius 1 is 0.839 bits per heavy atom. The smallest absolute Gasteiger partial charge is 0.0379 e. The number of fused-ring (bicyclic) bond motifs is 1. The lowest BCUT2D eigenvalue weighted by Gasteiger charge is -2.34. The zero-order chi connectivity index (χ0) is 21.7. The Hall–Kier alpha value is -3.58. The molecule has 4 aromatic rings. The van der Waals surface area contributed by atoms with Gasteiger partial charge in [-0.2, -0.15) is 0 Å². The van der Waals surface area contributed by atoms with Crippen LogP contribution in [0.2, 0.25) is 0 Å². The van der Waals surface area contributed by atoms with Gasteiger partial charge in [0.1, 0.15) is 0 Å². The molecule has 1 atom stereocenters. The zero-order valence-corrected chi connectivity index (χ0v) is 18.3. The Kier molecular flexibility index (Phi) is 6.04. The van der Waals surface area contributed by atoms with Gasteiger partial charge in [0.05, 0.1) is 0 Å². The minimum absolute atomic E-state index is 0.249. The number of anilines is 1. The summed E-state index contributed by atoms with van der Waals surface area (Å²) < 4.78 is 0. The molecular formula is C30H29N. The van der Waals surface area contributed by atoms with Gasteiger partial charge in [-0.15, -0.1) is 0 Å². The lowest BCUT2D eigenvalue weighted by Crippen LogP contribution is -2.28. The Morgan fingerprint density at radius 2 is 1.48 bits per heavy atom. The second kappa shape index (κ2) is 9.06. The van der Waals surface area contributed by atoms with Crippen LogP contribution in [0.15, 0.2) is 121 Å². The molecule has 0 bridgehead atoms. The van der Waals surface area contributed by atoms with Gasteiger partial charge in [-0.3, -0.25) is 0 Å². The van der Waals surface area contributed by atoms with Crippen LogP contribution in [0.25, 0.3) is 10.8 Å². The van der Waals surface area contributed by atoms with Crippen LogP contribution in [0.4, 0.5) is 5.69 Å². The van der Waals surface area contributed by atoms with Gasteiger partial charge >= 0.3 is 0 Å². The summed E-state index contributed by atoms with van der Waals surface area (Å²) in [5.41, 5.74) is 5.85. The number of rotatable bonds is 7. The van der Waals surface area contributed by atoms with Gasteiger partial charge in [0.25, 0.3) is 0 Å². The largest absolute Gasteiger partial charge is 0.362 e. The number of hydrogen-bond acceptors (Lipinski definition) is 1. The summed E-state index contributed by atoms with van der Waals surface area (Å²) in [4.78, 5) is 0. The predicted octanol–water partition coefficient (Wildman–Crippen LogP) is 7.83. The van der Waals surface area contributed by atoms with Gasteiger partial charge in [0.2, 0.25) is 0 Å². The Balaban J connectivity index is 1.77. The maximum absolute atomic E-state index is 4.55. The van der Waals surface area contributed by atoms with E-state index >= 15 is 0 Å². The van der Waals surface area contributed by atoms with E-state index in [0.717, 1.165) is 17.7 Å². The second-order valence-corrected chi connectivity index (χ2v) is 8.34. The molecule has 1 heteroatoms. The van der Waals surface area contributed by atoms with Crippen LogP contribution in [-0.2, 0) is 11.8 Å². The standard InChI is InChI=1S/C30H29N/c1-23-18-19-26-14-10-11-17-28(26)29(23)30(3,22-25-12-6-4-7-13-25)24(2)20-21-31-27-15-8-5-9-16-27/h4-21,31H,2,22H2,1,3H3. The maximum Gasteiger partial charge on any atom is 0.0379 e. The summed E-state index contributed by atoms with van der Waals surface area (Å²) in [5.74, 6) is 0. The van der Waals surface area contributed by atoms with E-state index in [1.54, 1.807) is 0 Å². The molecule has 31 heavy (non-hydrogen) atoms. The van der Waals surface area contributed by atoms with E-state index < -0.39 is 0 Å². The molecule has 0 fully saturated rings. The highest BCUT2D eigenvalue weighted by Gasteiger charge is 2.32. The molecule has 1 N–H and O–H groups in total. The third kappa shape index (κ3) is 4.46. The van der Waals surface area contributed by atoms with Crippen LogP contribution in [-0.4, -0.2) is 0 Å². The highest BCUT2D eigenvalue weighted by molar-refractivity contribution is 5.88. The van der Waals surface area contributed by atoms with Gasteiger partial charge in [0.15, 0.2) is 0 Å². The first-order chi connectivity index (χ1) is 15.1. The Bertz CT molecular complexity index is 1210. The highest BCUT2D eigenvalue weighted by atomic mass is 14.8. The fourth-order valence-electron chi connectivity index (χ4n) is 4.44. The molecular weight excluding hydrogens is 374 g/mol. The molecule has 0 spiro atoms. The molecule has 154 valence electrons. The highest BCUT2D eigenvalue weighted by Crippen LogP contribution is 2.41. The minimum Gasteiger partial charge on any atom is -0.362 e. The van der Waals surface area contributed by atoms with Crippen LogP contribution >= 0.6 is 0 Å². The quantitative estimate of drug-likeness (QED) is 0.310. The van der Waals surface area contributed by atoms with E-state index in [0.29, 0.717) is 0 Å². The number of hydrogen-bond donors (Lipinski definition) is 1. The first kappa shape index (κ1) is 20.7. The Labute approximate surface area is 185 Å². The van der Waals surface area contributed by atoms with E-state index in [4.69, 9.17) is 0 Å². The second-order valence-electron chi connectivity index (χ2n) is 8.34. The molecule has 0 radical (unpaired) electrons. The maximum atomic E-state index is 4.55. The summed E-state index contributed by atoms with van der Waals surface area (Å²) in [6.45, 7) is 9.09. The molecule has 0 aliphatic carbocycles. The van der Waals surface area contributed by atoms with E-state index in [2.05, 4.69) is 111 Å². The predicted molar refractivity (Wildman–Crippen MR) is 135 cm³/mol. The van der Waals surface area contributed by atoms with E-state index in [1.807, 2.05) is 24.4 Å². The van der Waals surface area contributed by atoms with Gasteiger partial charge in [-0.25, -0.2) is 0 Å². The normalized spacial score (nSPS) is 13.2. The molecule has 0 amide bonds. The van der Waals surface area contributed by atoms with Crippen molar-refractivity contribution in [3.05, 3.63) is 138 Å². The van der Waals surface area contributed by atoms with Crippen LogP contribution in [0.1, 0.15) is 23.6 Å². The van der Waals surface area contributed by atoms with Crippen LogP contribution < -0.4 is 5.32 Å². The number of para-hydroxylation sites is 1. The van der Waals surface area contributed by atoms with Gasteiger partial charge in [-0.05, 0) is 64.6 Å². The van der Waals surface area contributed by atoms with Crippen molar-refractivity contribution in [2.24, 2.45) is 0 Å². The van der Waals surface area contributed by atoms with E-state index in [-0.39, 0.29) is 5.41 Å². The first-order valence-electron chi connectivity index (χ1n) is 10.8. The fraction of sp³-hybridized carbons (Fsp3) is 0.133. The third-order valence-electron chi connectivity index (χ3n) is 6.11. The van der Waals surface area contributed by atoms with Crippen molar-refractivity contribution >= 4 is 16.5 Å². The Morgan fingerprint density at radius 3 is 2.23 bits per heavy atom. The summed E-state index contributed by atoms with van der Waals surface area (Å²) in [7, 11) is 0. The average molecular weight is 404 g/mol. The molecule has 0 saturated heterocycles.